The van der Waals surface area contributed by atoms with E-state index < -0.39 is 6.04 Å². The van der Waals surface area contributed by atoms with Gasteiger partial charge in [-0.2, -0.15) is 0 Å². The van der Waals surface area contributed by atoms with Crippen molar-refractivity contribution >= 4 is 27.7 Å². The second kappa shape index (κ2) is 13.3. The molecule has 1 N–H and O–H groups in total. The van der Waals surface area contributed by atoms with Crippen LogP contribution in [0.5, 0.6) is 5.75 Å². The molecule has 0 saturated carbocycles. The van der Waals surface area contributed by atoms with Crippen molar-refractivity contribution in [3.8, 4) is 5.75 Å². The number of hydrogen-bond donors (Lipinski definition) is 1. The summed E-state index contributed by atoms with van der Waals surface area (Å²) in [6.07, 6.45) is 0.416. The van der Waals surface area contributed by atoms with Crippen LogP contribution in [0.25, 0.3) is 0 Å². The molecule has 0 aliphatic carbocycles. The van der Waals surface area contributed by atoms with Crippen molar-refractivity contribution in [3.05, 3.63) is 99.5 Å². The zero-order valence-electron chi connectivity index (χ0n) is 21.5. The molecule has 3 aromatic rings. The number of nitrogens with zero attached hydrogens (tertiary/aromatic N) is 1. The molecule has 0 saturated heterocycles. The lowest BCUT2D eigenvalue weighted by Gasteiger charge is -2.32. The van der Waals surface area contributed by atoms with Gasteiger partial charge in [0.1, 0.15) is 11.8 Å². The van der Waals surface area contributed by atoms with Crippen molar-refractivity contribution in [2.75, 3.05) is 13.2 Å². The number of carbonyl (C=O) groups is 2. The molecule has 0 spiro atoms. The van der Waals surface area contributed by atoms with Gasteiger partial charge in [0.25, 0.3) is 5.91 Å². The lowest BCUT2D eigenvalue weighted by atomic mass is 10.0. The Morgan fingerprint density at radius 1 is 0.944 bits per heavy atom. The van der Waals surface area contributed by atoms with Crippen LogP contribution < -0.4 is 10.1 Å². The molecular formula is C30H35BrN2O3. The van der Waals surface area contributed by atoms with Gasteiger partial charge >= 0.3 is 0 Å². The quantitative estimate of drug-likeness (QED) is 0.325. The van der Waals surface area contributed by atoms with Crippen LogP contribution in [0, 0.1) is 19.8 Å². The summed E-state index contributed by atoms with van der Waals surface area (Å²) in [6.45, 7) is 8.80. The van der Waals surface area contributed by atoms with Gasteiger partial charge in [-0.05, 0) is 54.7 Å². The maximum atomic E-state index is 13.6. The van der Waals surface area contributed by atoms with Crippen LogP contribution in [-0.2, 0) is 22.6 Å². The molecule has 0 aromatic heterocycles. The van der Waals surface area contributed by atoms with Gasteiger partial charge in [0.05, 0.1) is 0 Å². The Hall–Kier alpha value is -3.12. The van der Waals surface area contributed by atoms with Gasteiger partial charge < -0.3 is 15.0 Å². The molecular weight excluding hydrogens is 516 g/mol. The molecule has 1 atom stereocenters. The van der Waals surface area contributed by atoms with Crippen LogP contribution in [0.2, 0.25) is 0 Å². The topological polar surface area (TPSA) is 58.6 Å². The smallest absolute Gasteiger partial charge is 0.261 e. The molecule has 6 heteroatoms. The maximum Gasteiger partial charge on any atom is 0.261 e. The largest absolute Gasteiger partial charge is 0.484 e. The lowest BCUT2D eigenvalue weighted by Crippen LogP contribution is -2.52. The molecule has 3 aromatic carbocycles. The number of aryl methyl sites for hydroxylation is 2. The van der Waals surface area contributed by atoms with Crippen LogP contribution in [0.1, 0.15) is 36.1 Å². The molecule has 0 aliphatic heterocycles. The highest BCUT2D eigenvalue weighted by Gasteiger charge is 2.30. The standard InChI is InChI=1S/C30H35BrN2O3/c1-21(2)18-32-30(35)28(17-24-10-6-5-7-11-24)33(19-25-12-8-9-22(3)15-25)29(34)20-36-26-13-14-27(31)23(4)16-26/h5-16,21,28H,17-20H2,1-4H3,(H,32,35). The molecule has 0 aliphatic rings. The first-order valence-electron chi connectivity index (χ1n) is 12.3. The van der Waals surface area contributed by atoms with E-state index in [1.165, 1.54) is 0 Å². The molecule has 0 bridgehead atoms. The van der Waals surface area contributed by atoms with Crippen LogP contribution in [-0.4, -0.2) is 35.9 Å². The number of hydrogen-bond acceptors (Lipinski definition) is 3. The van der Waals surface area contributed by atoms with E-state index in [0.29, 0.717) is 31.2 Å². The Kier molecular flexibility index (Phi) is 10.1. The Balaban J connectivity index is 1.90. The average molecular weight is 552 g/mol. The van der Waals surface area contributed by atoms with Gasteiger partial charge in [-0.1, -0.05) is 89.9 Å². The van der Waals surface area contributed by atoms with Crippen molar-refractivity contribution < 1.29 is 14.3 Å². The summed E-state index contributed by atoms with van der Waals surface area (Å²) in [5.41, 5.74) is 4.09. The maximum absolute atomic E-state index is 13.6. The lowest BCUT2D eigenvalue weighted by molar-refractivity contribution is -0.142. The molecule has 3 rings (SSSR count). The number of nitrogens with one attached hydrogen (secondary N) is 1. The summed E-state index contributed by atoms with van der Waals surface area (Å²) < 4.78 is 6.86. The Morgan fingerprint density at radius 3 is 2.33 bits per heavy atom. The van der Waals surface area contributed by atoms with E-state index in [9.17, 15) is 9.59 Å². The zero-order chi connectivity index (χ0) is 26.1. The fraction of sp³-hybridized carbons (Fsp3) is 0.333. The minimum atomic E-state index is -0.672. The van der Waals surface area contributed by atoms with Crippen molar-refractivity contribution in [2.24, 2.45) is 5.92 Å². The summed E-state index contributed by atoms with van der Waals surface area (Å²) in [4.78, 5) is 28.8. The SMILES string of the molecule is Cc1cccc(CN(C(=O)COc2ccc(Br)c(C)c2)C(Cc2ccccc2)C(=O)NCC(C)C)c1. The zero-order valence-corrected chi connectivity index (χ0v) is 23.0. The third kappa shape index (κ3) is 8.23. The first-order chi connectivity index (χ1) is 17.2. The van der Waals surface area contributed by atoms with Crippen LogP contribution in [0.4, 0.5) is 0 Å². The molecule has 2 amide bonds. The highest BCUT2D eigenvalue weighted by atomic mass is 79.9. The monoisotopic (exact) mass is 550 g/mol. The van der Waals surface area contributed by atoms with Gasteiger partial charge in [-0.15, -0.1) is 0 Å². The highest BCUT2D eigenvalue weighted by Crippen LogP contribution is 2.22. The minimum absolute atomic E-state index is 0.157. The van der Waals surface area contributed by atoms with E-state index in [2.05, 4.69) is 35.1 Å². The Labute approximate surface area is 223 Å². The van der Waals surface area contributed by atoms with E-state index >= 15 is 0 Å². The van der Waals surface area contributed by atoms with E-state index in [0.717, 1.165) is 26.7 Å². The predicted octanol–water partition coefficient (Wildman–Crippen LogP) is 5.86. The van der Waals surface area contributed by atoms with Crippen LogP contribution >= 0.6 is 15.9 Å². The average Bonchev–Trinajstić information content (AvgIpc) is 2.86. The summed E-state index contributed by atoms with van der Waals surface area (Å²) in [5.74, 6) is 0.519. The summed E-state index contributed by atoms with van der Waals surface area (Å²) >= 11 is 3.49. The van der Waals surface area contributed by atoms with Crippen molar-refractivity contribution in [2.45, 2.75) is 46.7 Å². The molecule has 5 nitrogen and oxygen atoms in total. The second-order valence-corrected chi connectivity index (χ2v) is 10.4. The molecule has 0 heterocycles. The van der Waals surface area contributed by atoms with Crippen LogP contribution in [0.3, 0.4) is 0 Å². The molecule has 1 unspecified atom stereocenters. The fourth-order valence-electron chi connectivity index (χ4n) is 3.92. The van der Waals surface area contributed by atoms with Gasteiger partial charge in [0, 0.05) is 24.0 Å². The van der Waals surface area contributed by atoms with Gasteiger partial charge in [-0.25, -0.2) is 0 Å². The van der Waals surface area contributed by atoms with Crippen LogP contribution in [0.15, 0.2) is 77.3 Å². The molecule has 190 valence electrons. The normalized spacial score (nSPS) is 11.7. The van der Waals surface area contributed by atoms with E-state index in [1.807, 2.05) is 86.6 Å². The molecule has 36 heavy (non-hydrogen) atoms. The molecule has 0 fully saturated rings. The Morgan fingerprint density at radius 2 is 1.67 bits per heavy atom. The third-order valence-corrected chi connectivity index (χ3v) is 6.77. The van der Waals surface area contributed by atoms with Gasteiger partial charge in [-0.3, -0.25) is 9.59 Å². The van der Waals surface area contributed by atoms with E-state index in [4.69, 9.17) is 4.74 Å². The van der Waals surface area contributed by atoms with E-state index in [-0.39, 0.29) is 18.4 Å². The number of carbonyl (C=O) groups excluding carboxylic acids is 2. The van der Waals surface area contributed by atoms with Crippen molar-refractivity contribution in [1.29, 1.82) is 0 Å². The number of amides is 2. The highest BCUT2D eigenvalue weighted by molar-refractivity contribution is 9.10. The van der Waals surface area contributed by atoms with Crippen molar-refractivity contribution in [3.63, 3.8) is 0 Å². The predicted molar refractivity (Wildman–Crippen MR) is 148 cm³/mol. The summed E-state index contributed by atoms with van der Waals surface area (Å²) in [5, 5.41) is 3.04. The summed E-state index contributed by atoms with van der Waals surface area (Å²) in [7, 11) is 0. The van der Waals surface area contributed by atoms with Crippen molar-refractivity contribution in [1.82, 2.24) is 10.2 Å². The van der Waals surface area contributed by atoms with E-state index in [1.54, 1.807) is 4.90 Å². The number of ether oxygens (including phenoxy) is 1. The number of halogens is 1. The number of benzene rings is 3. The first kappa shape index (κ1) is 27.5. The van der Waals surface area contributed by atoms with Gasteiger partial charge in [0.2, 0.25) is 5.91 Å². The minimum Gasteiger partial charge on any atom is -0.484 e. The second-order valence-electron chi connectivity index (χ2n) is 9.55. The third-order valence-electron chi connectivity index (χ3n) is 5.88. The Bertz CT molecular complexity index is 1160. The number of rotatable bonds is 11. The first-order valence-corrected chi connectivity index (χ1v) is 13.1. The fourth-order valence-corrected chi connectivity index (χ4v) is 4.17. The van der Waals surface area contributed by atoms with Gasteiger partial charge in [0.15, 0.2) is 6.61 Å². The summed E-state index contributed by atoms with van der Waals surface area (Å²) in [6, 6.07) is 22.8. The molecule has 0 radical (unpaired) electrons.